The van der Waals surface area contributed by atoms with Crippen LogP contribution in [0.2, 0.25) is 0 Å². The lowest BCUT2D eigenvalue weighted by Crippen LogP contribution is -2.55. The molecule has 5 nitrogen and oxygen atoms in total. The van der Waals surface area contributed by atoms with Gasteiger partial charge in [-0.1, -0.05) is 0 Å². The Morgan fingerprint density at radius 2 is 1.45 bits per heavy atom. The van der Waals surface area contributed by atoms with E-state index in [1.165, 1.54) is 0 Å². The van der Waals surface area contributed by atoms with Crippen LogP contribution in [0.1, 0.15) is 0 Å². The molecule has 0 spiro atoms. The van der Waals surface area contributed by atoms with E-state index >= 15 is 0 Å². The fourth-order valence-electron chi connectivity index (χ4n) is 0.820. The molecule has 5 atom stereocenters. The Hall–Kier alpha value is 0.530. The standard InChI is InChI=1S/C5H9IO5/c6-4-2(8)1(7)3(9)5(10)11-4/h1-5,7-10H. The second-order valence-electron chi connectivity index (χ2n) is 2.35. The van der Waals surface area contributed by atoms with Gasteiger partial charge < -0.3 is 25.2 Å². The predicted molar refractivity (Wildman–Crippen MR) is 42.9 cm³/mol. The normalized spacial score (nSPS) is 52.6. The minimum absolute atomic E-state index is 0.694. The van der Waals surface area contributed by atoms with Gasteiger partial charge in [-0.25, -0.2) is 0 Å². The van der Waals surface area contributed by atoms with Crippen LogP contribution in [0.3, 0.4) is 0 Å². The summed E-state index contributed by atoms with van der Waals surface area (Å²) < 4.78 is 3.97. The quantitative estimate of drug-likeness (QED) is 0.309. The smallest absolute Gasteiger partial charge is 0.184 e. The highest BCUT2D eigenvalue weighted by Gasteiger charge is 2.41. The zero-order valence-electron chi connectivity index (χ0n) is 5.46. The number of ether oxygens (including phenoxy) is 1. The van der Waals surface area contributed by atoms with Crippen LogP contribution in [0.4, 0.5) is 0 Å². The Balaban J connectivity index is 2.63. The molecule has 1 heterocycles. The Bertz CT molecular complexity index is 129. The monoisotopic (exact) mass is 276 g/mol. The summed E-state index contributed by atoms with van der Waals surface area (Å²) in [5.74, 6) is 0. The highest BCUT2D eigenvalue weighted by molar-refractivity contribution is 14.1. The highest BCUT2D eigenvalue weighted by Crippen LogP contribution is 2.23. The van der Waals surface area contributed by atoms with Gasteiger partial charge in [0.15, 0.2) is 6.29 Å². The molecule has 0 amide bonds. The van der Waals surface area contributed by atoms with Crippen LogP contribution in [0.15, 0.2) is 0 Å². The van der Waals surface area contributed by atoms with Crippen molar-refractivity contribution in [3.05, 3.63) is 0 Å². The molecule has 1 saturated heterocycles. The average Bonchev–Trinajstić information content (AvgIpc) is 1.97. The summed E-state index contributed by atoms with van der Waals surface area (Å²) in [5, 5.41) is 36.0. The van der Waals surface area contributed by atoms with Crippen molar-refractivity contribution in [2.45, 2.75) is 28.7 Å². The number of hydrogen-bond donors (Lipinski definition) is 4. The molecular formula is C5H9IO5. The van der Waals surface area contributed by atoms with E-state index in [2.05, 4.69) is 4.74 Å². The second kappa shape index (κ2) is 3.50. The molecule has 0 aromatic carbocycles. The molecule has 4 N–H and O–H groups in total. The van der Waals surface area contributed by atoms with Gasteiger partial charge >= 0.3 is 0 Å². The van der Waals surface area contributed by atoms with Crippen LogP contribution in [-0.4, -0.2) is 49.1 Å². The number of rotatable bonds is 0. The van der Waals surface area contributed by atoms with E-state index in [-0.39, 0.29) is 0 Å². The summed E-state index contributed by atoms with van der Waals surface area (Å²) in [5.41, 5.74) is 0. The number of alkyl halides is 1. The molecule has 0 radical (unpaired) electrons. The van der Waals surface area contributed by atoms with Crippen LogP contribution in [0.5, 0.6) is 0 Å². The lowest BCUT2D eigenvalue weighted by Gasteiger charge is -2.35. The summed E-state index contributed by atoms with van der Waals surface area (Å²) in [6.45, 7) is 0. The average molecular weight is 276 g/mol. The maximum absolute atomic E-state index is 9.08. The van der Waals surface area contributed by atoms with Gasteiger partial charge in [0.2, 0.25) is 0 Å². The molecule has 11 heavy (non-hydrogen) atoms. The third-order valence-electron chi connectivity index (χ3n) is 1.53. The SMILES string of the molecule is OC1OC(I)C(O)C(O)C1O. The van der Waals surface area contributed by atoms with E-state index in [0.29, 0.717) is 0 Å². The molecule has 0 aromatic heterocycles. The highest BCUT2D eigenvalue weighted by atomic mass is 127. The summed E-state index contributed by atoms with van der Waals surface area (Å²) >= 11 is 1.72. The van der Waals surface area contributed by atoms with Crippen LogP contribution in [0.25, 0.3) is 0 Å². The summed E-state index contributed by atoms with van der Waals surface area (Å²) in [7, 11) is 0. The first-order chi connectivity index (χ1) is 5.04. The van der Waals surface area contributed by atoms with Crippen molar-refractivity contribution in [3.63, 3.8) is 0 Å². The first-order valence-corrected chi connectivity index (χ1v) is 4.30. The van der Waals surface area contributed by atoms with Gasteiger partial charge in [-0.05, 0) is 22.6 Å². The molecule has 1 aliphatic heterocycles. The molecule has 6 heteroatoms. The van der Waals surface area contributed by atoms with Gasteiger partial charge in [0.05, 0.1) is 0 Å². The summed E-state index contributed by atoms with van der Waals surface area (Å²) in [4.78, 5) is 0. The van der Waals surface area contributed by atoms with E-state index in [1.54, 1.807) is 22.6 Å². The maximum atomic E-state index is 9.08. The Kier molecular flexibility index (Phi) is 3.06. The molecule has 1 fully saturated rings. The molecule has 5 unspecified atom stereocenters. The van der Waals surface area contributed by atoms with Crippen LogP contribution < -0.4 is 0 Å². The molecule has 0 aliphatic carbocycles. The molecule has 0 saturated carbocycles. The minimum atomic E-state index is -1.43. The first kappa shape index (κ1) is 9.62. The molecule has 1 rings (SSSR count). The zero-order valence-corrected chi connectivity index (χ0v) is 7.62. The molecular weight excluding hydrogens is 267 g/mol. The topological polar surface area (TPSA) is 90.2 Å². The van der Waals surface area contributed by atoms with E-state index in [4.69, 9.17) is 20.4 Å². The largest absolute Gasteiger partial charge is 0.387 e. The molecule has 0 bridgehead atoms. The lowest BCUT2D eigenvalue weighted by atomic mass is 10.1. The first-order valence-electron chi connectivity index (χ1n) is 3.06. The van der Waals surface area contributed by atoms with Gasteiger partial charge in [-0.2, -0.15) is 0 Å². The van der Waals surface area contributed by atoms with Crippen molar-refractivity contribution < 1.29 is 25.2 Å². The molecule has 1 aliphatic rings. The van der Waals surface area contributed by atoms with Crippen molar-refractivity contribution in [2.75, 3.05) is 0 Å². The van der Waals surface area contributed by atoms with Crippen LogP contribution >= 0.6 is 22.6 Å². The zero-order chi connectivity index (χ0) is 8.59. The van der Waals surface area contributed by atoms with Gasteiger partial charge in [-0.15, -0.1) is 0 Å². The van der Waals surface area contributed by atoms with E-state index in [9.17, 15) is 0 Å². The minimum Gasteiger partial charge on any atom is -0.387 e. The summed E-state index contributed by atoms with van der Waals surface area (Å²) in [6.07, 6.45) is -5.36. The van der Waals surface area contributed by atoms with Crippen LogP contribution in [0, 0.1) is 0 Å². The molecule has 0 aromatic rings. The van der Waals surface area contributed by atoms with Crippen molar-refractivity contribution in [1.29, 1.82) is 0 Å². The third-order valence-corrected chi connectivity index (χ3v) is 2.56. The van der Waals surface area contributed by atoms with Crippen molar-refractivity contribution >= 4 is 22.6 Å². The van der Waals surface area contributed by atoms with E-state index in [0.717, 1.165) is 0 Å². The third kappa shape index (κ3) is 1.82. The van der Waals surface area contributed by atoms with Gasteiger partial charge in [0, 0.05) is 0 Å². The van der Waals surface area contributed by atoms with Crippen molar-refractivity contribution in [1.82, 2.24) is 0 Å². The maximum Gasteiger partial charge on any atom is 0.184 e. The Labute approximate surface area is 76.7 Å². The van der Waals surface area contributed by atoms with Crippen LogP contribution in [-0.2, 0) is 4.74 Å². The molecule has 66 valence electrons. The Morgan fingerprint density at radius 1 is 0.909 bits per heavy atom. The lowest BCUT2D eigenvalue weighted by molar-refractivity contribution is -0.257. The van der Waals surface area contributed by atoms with Crippen molar-refractivity contribution in [2.24, 2.45) is 0 Å². The van der Waals surface area contributed by atoms with E-state index in [1.807, 2.05) is 0 Å². The summed E-state index contributed by atoms with van der Waals surface area (Å²) in [6, 6.07) is 0. The van der Waals surface area contributed by atoms with Gasteiger partial charge in [0.1, 0.15) is 22.4 Å². The fourth-order valence-corrected chi connectivity index (χ4v) is 1.55. The second-order valence-corrected chi connectivity index (χ2v) is 3.58. The van der Waals surface area contributed by atoms with Gasteiger partial charge in [-0.3, -0.25) is 0 Å². The number of aliphatic hydroxyl groups excluding tert-OH is 4. The number of aliphatic hydroxyl groups is 4. The van der Waals surface area contributed by atoms with E-state index < -0.39 is 28.7 Å². The fraction of sp³-hybridized carbons (Fsp3) is 1.00. The van der Waals surface area contributed by atoms with Gasteiger partial charge in [0.25, 0.3) is 0 Å². The van der Waals surface area contributed by atoms with Crippen molar-refractivity contribution in [3.8, 4) is 0 Å². The number of hydrogen-bond acceptors (Lipinski definition) is 5. The Morgan fingerprint density at radius 3 is 2.00 bits per heavy atom. The predicted octanol–water partition coefficient (Wildman–Crippen LogP) is -1.82. The number of halogens is 1.